The Labute approximate surface area is 97.6 Å². The van der Waals surface area contributed by atoms with Crippen LogP contribution in [0.2, 0.25) is 0 Å². The summed E-state index contributed by atoms with van der Waals surface area (Å²) >= 11 is 0. The number of nitrogens with two attached hydrogens (primary N) is 1. The molecule has 0 aliphatic heterocycles. The van der Waals surface area contributed by atoms with Gasteiger partial charge in [0, 0.05) is 0 Å². The van der Waals surface area contributed by atoms with E-state index < -0.39 is 0 Å². The minimum Gasteiger partial charge on any atom is -0.497 e. The van der Waals surface area contributed by atoms with Gasteiger partial charge in [-0.3, -0.25) is 0 Å². The number of benzene rings is 1. The first-order chi connectivity index (χ1) is 7.81. The predicted molar refractivity (Wildman–Crippen MR) is 66.2 cm³/mol. The van der Waals surface area contributed by atoms with E-state index in [9.17, 15) is 0 Å². The molecule has 0 bridgehead atoms. The number of rotatable bonds is 7. The van der Waals surface area contributed by atoms with Crippen LogP contribution in [-0.2, 0) is 6.42 Å². The Bertz CT molecular complexity index is 313. The third-order valence-corrected chi connectivity index (χ3v) is 2.44. The van der Waals surface area contributed by atoms with Gasteiger partial charge in [0.15, 0.2) is 0 Å². The largest absolute Gasteiger partial charge is 0.497 e. The van der Waals surface area contributed by atoms with Crippen LogP contribution in [-0.4, -0.2) is 20.3 Å². The summed E-state index contributed by atoms with van der Waals surface area (Å²) in [4.78, 5) is 0. The van der Waals surface area contributed by atoms with E-state index in [0.717, 1.165) is 42.9 Å². The smallest absolute Gasteiger partial charge is 0.122 e. The quantitative estimate of drug-likeness (QED) is 0.722. The molecule has 0 unspecified atom stereocenters. The topological polar surface area (TPSA) is 44.5 Å². The van der Waals surface area contributed by atoms with Gasteiger partial charge in [0.2, 0.25) is 0 Å². The Morgan fingerprint density at radius 3 is 2.75 bits per heavy atom. The van der Waals surface area contributed by atoms with E-state index >= 15 is 0 Å². The van der Waals surface area contributed by atoms with Gasteiger partial charge in [0.25, 0.3) is 0 Å². The highest BCUT2D eigenvalue weighted by Crippen LogP contribution is 2.24. The van der Waals surface area contributed by atoms with Crippen LogP contribution >= 0.6 is 0 Å². The Balaban J connectivity index is 2.72. The molecule has 0 amide bonds. The highest BCUT2D eigenvalue weighted by atomic mass is 16.5. The molecule has 0 spiro atoms. The minimum absolute atomic E-state index is 0.622. The first-order valence-corrected chi connectivity index (χ1v) is 5.81. The zero-order chi connectivity index (χ0) is 11.8. The third-order valence-electron chi connectivity index (χ3n) is 2.44. The monoisotopic (exact) mass is 223 g/mol. The molecule has 1 aromatic carbocycles. The van der Waals surface area contributed by atoms with Crippen molar-refractivity contribution >= 4 is 0 Å². The average molecular weight is 223 g/mol. The fourth-order valence-electron chi connectivity index (χ4n) is 1.50. The van der Waals surface area contributed by atoms with Crippen molar-refractivity contribution in [2.45, 2.75) is 26.2 Å². The van der Waals surface area contributed by atoms with Crippen LogP contribution in [0.15, 0.2) is 18.2 Å². The van der Waals surface area contributed by atoms with Crippen LogP contribution in [0.4, 0.5) is 0 Å². The summed E-state index contributed by atoms with van der Waals surface area (Å²) in [6.45, 7) is 3.54. The van der Waals surface area contributed by atoms with Crippen molar-refractivity contribution in [2.75, 3.05) is 20.3 Å². The van der Waals surface area contributed by atoms with Crippen molar-refractivity contribution in [3.63, 3.8) is 0 Å². The molecule has 0 aliphatic carbocycles. The van der Waals surface area contributed by atoms with Crippen molar-refractivity contribution in [2.24, 2.45) is 5.73 Å². The molecule has 2 N–H and O–H groups in total. The molecular weight excluding hydrogens is 202 g/mol. The zero-order valence-electron chi connectivity index (χ0n) is 10.2. The van der Waals surface area contributed by atoms with Gasteiger partial charge in [-0.1, -0.05) is 13.3 Å². The van der Waals surface area contributed by atoms with Gasteiger partial charge in [-0.25, -0.2) is 0 Å². The summed E-state index contributed by atoms with van der Waals surface area (Å²) in [7, 11) is 1.67. The van der Waals surface area contributed by atoms with Gasteiger partial charge < -0.3 is 15.2 Å². The number of hydrogen-bond acceptors (Lipinski definition) is 3. The van der Waals surface area contributed by atoms with Gasteiger partial charge in [0.1, 0.15) is 11.5 Å². The van der Waals surface area contributed by atoms with Crippen LogP contribution in [0.5, 0.6) is 11.5 Å². The molecule has 0 fully saturated rings. The van der Waals surface area contributed by atoms with Crippen molar-refractivity contribution in [1.82, 2.24) is 0 Å². The Morgan fingerprint density at radius 2 is 2.12 bits per heavy atom. The second-order valence-electron chi connectivity index (χ2n) is 3.71. The summed E-state index contributed by atoms with van der Waals surface area (Å²) in [5, 5.41) is 0. The molecule has 0 saturated heterocycles. The van der Waals surface area contributed by atoms with Crippen LogP contribution < -0.4 is 15.2 Å². The molecule has 90 valence electrons. The Kier molecular flexibility index (Phi) is 5.72. The summed E-state index contributed by atoms with van der Waals surface area (Å²) < 4.78 is 10.9. The number of ether oxygens (including phenoxy) is 2. The Morgan fingerprint density at radius 1 is 1.31 bits per heavy atom. The Hall–Kier alpha value is -1.22. The molecule has 0 radical (unpaired) electrons. The van der Waals surface area contributed by atoms with Crippen molar-refractivity contribution in [1.29, 1.82) is 0 Å². The maximum atomic E-state index is 5.72. The van der Waals surface area contributed by atoms with Gasteiger partial charge in [0.05, 0.1) is 13.7 Å². The minimum atomic E-state index is 0.622. The van der Waals surface area contributed by atoms with Gasteiger partial charge in [-0.05, 0) is 43.1 Å². The highest BCUT2D eigenvalue weighted by molar-refractivity contribution is 5.40. The molecule has 1 aromatic rings. The fourth-order valence-corrected chi connectivity index (χ4v) is 1.50. The SMILES string of the molecule is CCCCOc1ccc(OC)cc1CCN. The van der Waals surface area contributed by atoms with E-state index in [4.69, 9.17) is 15.2 Å². The lowest BCUT2D eigenvalue weighted by Crippen LogP contribution is -2.06. The van der Waals surface area contributed by atoms with Crippen molar-refractivity contribution in [3.8, 4) is 11.5 Å². The van der Waals surface area contributed by atoms with E-state index in [-0.39, 0.29) is 0 Å². The first-order valence-electron chi connectivity index (χ1n) is 5.81. The second kappa shape index (κ2) is 7.12. The number of methoxy groups -OCH3 is 1. The average Bonchev–Trinajstić information content (AvgIpc) is 2.31. The lowest BCUT2D eigenvalue weighted by molar-refractivity contribution is 0.305. The highest BCUT2D eigenvalue weighted by Gasteiger charge is 2.04. The van der Waals surface area contributed by atoms with Crippen LogP contribution in [0, 0.1) is 0 Å². The first kappa shape index (κ1) is 12.8. The predicted octanol–water partition coefficient (Wildman–Crippen LogP) is 2.38. The van der Waals surface area contributed by atoms with E-state index in [1.165, 1.54) is 0 Å². The van der Waals surface area contributed by atoms with Gasteiger partial charge in [-0.2, -0.15) is 0 Å². The lowest BCUT2D eigenvalue weighted by Gasteiger charge is -2.12. The van der Waals surface area contributed by atoms with Crippen molar-refractivity contribution in [3.05, 3.63) is 23.8 Å². The molecule has 0 saturated carbocycles. The number of unbranched alkanes of at least 4 members (excludes halogenated alkanes) is 1. The van der Waals surface area contributed by atoms with E-state index in [1.807, 2.05) is 18.2 Å². The van der Waals surface area contributed by atoms with E-state index in [2.05, 4.69) is 6.92 Å². The standard InChI is InChI=1S/C13H21NO2/c1-3-4-9-16-13-6-5-12(15-2)10-11(13)7-8-14/h5-6,10H,3-4,7-9,14H2,1-2H3. The summed E-state index contributed by atoms with van der Waals surface area (Å²) in [6, 6.07) is 5.87. The van der Waals surface area contributed by atoms with Crippen molar-refractivity contribution < 1.29 is 9.47 Å². The van der Waals surface area contributed by atoms with E-state index in [1.54, 1.807) is 7.11 Å². The molecule has 16 heavy (non-hydrogen) atoms. The molecule has 3 nitrogen and oxygen atoms in total. The molecule has 1 rings (SSSR count). The second-order valence-corrected chi connectivity index (χ2v) is 3.71. The van der Waals surface area contributed by atoms with Crippen LogP contribution in [0.25, 0.3) is 0 Å². The normalized spacial score (nSPS) is 10.2. The summed E-state index contributed by atoms with van der Waals surface area (Å²) in [5.74, 6) is 1.78. The van der Waals surface area contributed by atoms with Crippen LogP contribution in [0.3, 0.4) is 0 Å². The molecule has 0 aliphatic rings. The maximum Gasteiger partial charge on any atom is 0.122 e. The molecule has 0 heterocycles. The molecule has 3 heteroatoms. The maximum absolute atomic E-state index is 5.72. The lowest BCUT2D eigenvalue weighted by atomic mass is 10.1. The summed E-state index contributed by atoms with van der Waals surface area (Å²) in [6.07, 6.45) is 3.04. The zero-order valence-corrected chi connectivity index (χ0v) is 10.2. The molecule has 0 atom stereocenters. The number of hydrogen-bond donors (Lipinski definition) is 1. The summed E-state index contributed by atoms with van der Waals surface area (Å²) in [5.41, 5.74) is 6.70. The third kappa shape index (κ3) is 3.74. The molecule has 0 aromatic heterocycles. The van der Waals surface area contributed by atoms with E-state index in [0.29, 0.717) is 6.54 Å². The van der Waals surface area contributed by atoms with Gasteiger partial charge >= 0.3 is 0 Å². The fraction of sp³-hybridized carbons (Fsp3) is 0.538. The van der Waals surface area contributed by atoms with Crippen LogP contribution in [0.1, 0.15) is 25.3 Å². The molecular formula is C13H21NO2. The van der Waals surface area contributed by atoms with Gasteiger partial charge in [-0.15, -0.1) is 0 Å².